The average Bonchev–Trinajstić information content (AvgIpc) is 3.18. The maximum Gasteiger partial charge on any atom is 0.234 e. The number of rotatable bonds is 2. The summed E-state index contributed by atoms with van der Waals surface area (Å²) in [6, 6.07) is 6.87. The van der Waals surface area contributed by atoms with Crippen LogP contribution in [-0.2, 0) is 6.42 Å². The molecule has 5 nitrogen and oxygen atoms in total. The Labute approximate surface area is 155 Å². The summed E-state index contributed by atoms with van der Waals surface area (Å²) in [5.41, 5.74) is 7.65. The van der Waals surface area contributed by atoms with E-state index in [-0.39, 0.29) is 17.3 Å². The van der Waals surface area contributed by atoms with Crippen LogP contribution in [0.5, 0.6) is 0 Å². The second kappa shape index (κ2) is 6.24. The molecule has 3 aromatic rings. The van der Waals surface area contributed by atoms with Gasteiger partial charge < -0.3 is 10.3 Å². The van der Waals surface area contributed by atoms with Crippen molar-refractivity contribution in [1.29, 1.82) is 5.26 Å². The Hall–Kier alpha value is -2.24. The topological polar surface area (TPSA) is 88.7 Å². The van der Waals surface area contributed by atoms with Gasteiger partial charge in [-0.3, -0.25) is 0 Å². The van der Waals surface area contributed by atoms with Gasteiger partial charge >= 0.3 is 0 Å². The van der Waals surface area contributed by atoms with Crippen molar-refractivity contribution in [2.45, 2.75) is 25.2 Å². The fraction of sp³-hybridized carbons (Fsp3) is 0.235. The van der Waals surface area contributed by atoms with E-state index in [2.05, 4.69) is 32.1 Å². The summed E-state index contributed by atoms with van der Waals surface area (Å²) in [7, 11) is 0. The smallest absolute Gasteiger partial charge is 0.234 e. The number of anilines is 1. The molecule has 2 heterocycles. The van der Waals surface area contributed by atoms with E-state index in [1.807, 2.05) is 0 Å². The monoisotopic (exact) mass is 418 g/mol. The van der Waals surface area contributed by atoms with Gasteiger partial charge in [-0.1, -0.05) is 21.1 Å². The number of hydrogen-bond donors (Lipinski definition) is 1. The molecule has 0 saturated carbocycles. The van der Waals surface area contributed by atoms with Crippen molar-refractivity contribution in [3.05, 3.63) is 50.4 Å². The molecule has 1 unspecified atom stereocenters. The van der Waals surface area contributed by atoms with Crippen molar-refractivity contribution >= 4 is 32.3 Å². The Morgan fingerprint density at radius 1 is 1.44 bits per heavy atom. The predicted molar refractivity (Wildman–Crippen MR) is 95.6 cm³/mol. The first-order valence-corrected chi connectivity index (χ1v) is 9.29. The first-order chi connectivity index (χ1) is 12.1. The van der Waals surface area contributed by atoms with E-state index < -0.39 is 5.82 Å². The Morgan fingerprint density at radius 2 is 2.28 bits per heavy atom. The Bertz CT molecular complexity index is 1010. The fourth-order valence-corrected chi connectivity index (χ4v) is 4.65. The molecule has 126 valence electrons. The van der Waals surface area contributed by atoms with Crippen LogP contribution in [0.2, 0.25) is 0 Å². The Kier molecular flexibility index (Phi) is 4.06. The second-order valence-electron chi connectivity index (χ2n) is 5.82. The van der Waals surface area contributed by atoms with Gasteiger partial charge in [0.25, 0.3) is 0 Å². The summed E-state index contributed by atoms with van der Waals surface area (Å²) in [4.78, 5) is 5.50. The van der Waals surface area contributed by atoms with Crippen LogP contribution in [0.3, 0.4) is 0 Å². The molecule has 4 rings (SSSR count). The van der Waals surface area contributed by atoms with Gasteiger partial charge in [0.05, 0.1) is 17.0 Å². The molecular formula is C17H12BrFN4OS. The molecule has 8 heteroatoms. The molecule has 25 heavy (non-hydrogen) atoms. The van der Waals surface area contributed by atoms with Gasteiger partial charge in [0.2, 0.25) is 11.7 Å². The predicted octanol–water partition coefficient (Wildman–Crippen LogP) is 4.62. The van der Waals surface area contributed by atoms with Crippen molar-refractivity contribution < 1.29 is 8.91 Å². The van der Waals surface area contributed by atoms with Crippen molar-refractivity contribution in [3.8, 4) is 17.5 Å². The zero-order chi connectivity index (χ0) is 17.6. The number of hydrogen-bond acceptors (Lipinski definition) is 6. The lowest BCUT2D eigenvalue weighted by Crippen LogP contribution is -2.10. The zero-order valence-electron chi connectivity index (χ0n) is 12.9. The van der Waals surface area contributed by atoms with E-state index in [0.717, 1.165) is 29.7 Å². The number of halogens is 2. The molecule has 0 aliphatic heterocycles. The van der Waals surface area contributed by atoms with Crippen LogP contribution in [0.25, 0.3) is 11.4 Å². The van der Waals surface area contributed by atoms with Gasteiger partial charge in [-0.05, 0) is 43.0 Å². The van der Waals surface area contributed by atoms with Crippen molar-refractivity contribution in [1.82, 2.24) is 10.1 Å². The van der Waals surface area contributed by atoms with Gasteiger partial charge in [0, 0.05) is 9.35 Å². The lowest BCUT2D eigenvalue weighted by atomic mass is 9.85. The average molecular weight is 419 g/mol. The summed E-state index contributed by atoms with van der Waals surface area (Å²) < 4.78 is 20.2. The first kappa shape index (κ1) is 16.2. The molecule has 2 N–H and O–H groups in total. The molecule has 0 fully saturated rings. The largest absolute Gasteiger partial charge is 0.389 e. The molecule has 1 aromatic carbocycles. The lowest BCUT2D eigenvalue weighted by molar-refractivity contribution is 0.355. The summed E-state index contributed by atoms with van der Waals surface area (Å²) in [6.45, 7) is 0. The van der Waals surface area contributed by atoms with E-state index >= 15 is 0 Å². The number of nitriles is 1. The standard InChI is InChI=1S/C17H12BrFN4OS/c18-8-4-5-9(12(19)6-8)16-22-17(24-23-16)10-2-1-3-13-14(10)11(7-20)15(21)25-13/h4-6,10H,1-3,21H2. The van der Waals surface area contributed by atoms with Gasteiger partial charge in [-0.25, -0.2) is 4.39 Å². The quantitative estimate of drug-likeness (QED) is 0.655. The maximum atomic E-state index is 14.1. The minimum atomic E-state index is -0.427. The molecule has 0 saturated heterocycles. The minimum Gasteiger partial charge on any atom is -0.389 e. The van der Waals surface area contributed by atoms with Crippen LogP contribution in [0, 0.1) is 17.1 Å². The SMILES string of the molecule is N#Cc1c(N)sc2c1C(c1nc(-c3ccc(Br)cc3F)no1)CCC2. The highest BCUT2D eigenvalue weighted by Crippen LogP contribution is 2.44. The molecule has 1 atom stereocenters. The van der Waals surface area contributed by atoms with E-state index in [9.17, 15) is 9.65 Å². The number of nitrogen functional groups attached to an aromatic ring is 1. The lowest BCUT2D eigenvalue weighted by Gasteiger charge is -2.19. The minimum absolute atomic E-state index is 0.174. The molecule has 1 aliphatic carbocycles. The molecule has 0 radical (unpaired) electrons. The third-order valence-electron chi connectivity index (χ3n) is 4.32. The molecule has 1 aliphatic rings. The van der Waals surface area contributed by atoms with Gasteiger partial charge in [-0.15, -0.1) is 11.3 Å². The van der Waals surface area contributed by atoms with Crippen molar-refractivity contribution in [3.63, 3.8) is 0 Å². The van der Waals surface area contributed by atoms with E-state index in [1.54, 1.807) is 12.1 Å². The number of thiophene rings is 1. The van der Waals surface area contributed by atoms with Crippen LogP contribution in [0.1, 0.15) is 40.7 Å². The first-order valence-electron chi connectivity index (χ1n) is 7.68. The number of nitrogens with two attached hydrogens (primary N) is 1. The molecule has 2 aromatic heterocycles. The number of fused-ring (bicyclic) bond motifs is 1. The third-order valence-corrected chi connectivity index (χ3v) is 5.91. The summed E-state index contributed by atoms with van der Waals surface area (Å²) in [6.07, 6.45) is 2.64. The number of benzene rings is 1. The highest BCUT2D eigenvalue weighted by Gasteiger charge is 2.32. The van der Waals surface area contributed by atoms with Gasteiger partial charge in [-0.2, -0.15) is 10.2 Å². The number of aromatic nitrogens is 2. The number of nitrogens with zero attached hydrogens (tertiary/aromatic N) is 3. The summed E-state index contributed by atoms with van der Waals surface area (Å²) in [5.74, 6) is -0.00309. The molecule has 0 bridgehead atoms. The van der Waals surface area contributed by atoms with Crippen molar-refractivity contribution in [2.24, 2.45) is 0 Å². The third kappa shape index (κ3) is 2.73. The maximum absolute atomic E-state index is 14.1. The fourth-order valence-electron chi connectivity index (χ4n) is 3.20. The highest BCUT2D eigenvalue weighted by atomic mass is 79.9. The van der Waals surface area contributed by atoms with Crippen LogP contribution in [0.4, 0.5) is 9.39 Å². The van der Waals surface area contributed by atoms with Gasteiger partial charge in [0.1, 0.15) is 16.9 Å². The van der Waals surface area contributed by atoms with Crippen molar-refractivity contribution in [2.75, 3.05) is 5.73 Å². The van der Waals surface area contributed by atoms with Crippen LogP contribution >= 0.6 is 27.3 Å². The normalized spacial score (nSPS) is 16.4. The highest BCUT2D eigenvalue weighted by molar-refractivity contribution is 9.10. The van der Waals surface area contributed by atoms with Crippen LogP contribution in [0.15, 0.2) is 27.2 Å². The second-order valence-corrected chi connectivity index (χ2v) is 7.87. The van der Waals surface area contributed by atoms with Crippen LogP contribution in [-0.4, -0.2) is 10.1 Å². The summed E-state index contributed by atoms with van der Waals surface area (Å²) in [5, 5.41) is 13.9. The Morgan fingerprint density at radius 3 is 3.04 bits per heavy atom. The molecule has 0 spiro atoms. The number of aryl methyl sites for hydroxylation is 1. The Balaban J connectivity index is 1.76. The molecule has 0 amide bonds. The summed E-state index contributed by atoms with van der Waals surface area (Å²) >= 11 is 4.67. The van der Waals surface area contributed by atoms with Crippen LogP contribution < -0.4 is 5.73 Å². The zero-order valence-corrected chi connectivity index (χ0v) is 15.3. The van der Waals surface area contributed by atoms with E-state index in [0.29, 0.717) is 20.9 Å². The van der Waals surface area contributed by atoms with E-state index in [1.165, 1.54) is 17.4 Å². The molecular weight excluding hydrogens is 407 g/mol. The van der Waals surface area contributed by atoms with Gasteiger partial charge in [0.15, 0.2) is 0 Å². The van der Waals surface area contributed by atoms with E-state index in [4.69, 9.17) is 10.3 Å².